The van der Waals surface area contributed by atoms with Gasteiger partial charge in [-0.1, -0.05) is 82.7 Å². The first-order valence-electron chi connectivity index (χ1n) is 16.1. The molecule has 1 fully saturated rings. The zero-order chi connectivity index (χ0) is 31.8. The Balaban J connectivity index is 0.000000561. The summed E-state index contributed by atoms with van der Waals surface area (Å²) in [5, 5.41) is 7.53. The maximum atomic E-state index is 6.39. The highest BCUT2D eigenvalue weighted by molar-refractivity contribution is 6.05. The molecule has 1 atom stereocenters. The molecule has 0 radical (unpaired) electrons. The van der Waals surface area contributed by atoms with Gasteiger partial charge in [-0.2, -0.15) is 0 Å². The summed E-state index contributed by atoms with van der Waals surface area (Å²) in [5.74, 6) is 1.12. The molecule has 0 saturated heterocycles. The molecule has 0 aromatic heterocycles. The van der Waals surface area contributed by atoms with Crippen molar-refractivity contribution in [1.29, 1.82) is 0 Å². The standard InChI is InChI=1S/C26H39N7.C8H12.C2H6/c1-5-8-18-9-10-19(17-22(18)28-6-2)23-24-25(27)30-12-14-33(24)26(31-23)20-15-21(16-20)29-11-13-32(4)7-3;1-4-6-7-8(3)5-2;1-2/h6,9-10,12,14,17,20-21,26,29,31H,5,7-8,11,13,15-16H2,1-4H3,(H2,27,30);4-7H,1H2,2-3H3;1-2H3/b;7-6-,8-5-;. The van der Waals surface area contributed by atoms with Crippen LogP contribution in [0.25, 0.3) is 5.70 Å². The van der Waals surface area contributed by atoms with Crippen molar-refractivity contribution >= 4 is 23.4 Å². The van der Waals surface area contributed by atoms with Gasteiger partial charge in [-0.25, -0.2) is 4.99 Å². The van der Waals surface area contributed by atoms with Crippen molar-refractivity contribution in [2.45, 2.75) is 86.4 Å². The molecular formula is C36H57N7. The minimum absolute atomic E-state index is 0.199. The van der Waals surface area contributed by atoms with Crippen LogP contribution in [0.1, 0.15) is 78.9 Å². The molecule has 7 heteroatoms. The van der Waals surface area contributed by atoms with E-state index in [0.29, 0.717) is 17.8 Å². The third-order valence-corrected chi connectivity index (χ3v) is 7.97. The number of nitrogens with one attached hydrogen (secondary N) is 2. The Bertz CT molecular complexity index is 1200. The lowest BCUT2D eigenvalue weighted by Gasteiger charge is -2.43. The molecule has 0 bridgehead atoms. The number of nitrogens with zero attached hydrogens (tertiary/aromatic N) is 4. The number of hydrogen-bond donors (Lipinski definition) is 3. The number of hydrogen-bond acceptors (Lipinski definition) is 7. The second-order valence-electron chi connectivity index (χ2n) is 10.9. The van der Waals surface area contributed by atoms with Crippen molar-refractivity contribution in [2.75, 3.05) is 26.7 Å². The van der Waals surface area contributed by atoms with Gasteiger partial charge in [-0.15, -0.1) is 0 Å². The number of benzene rings is 1. The molecule has 3 aliphatic rings. The Kier molecular flexibility index (Phi) is 15.8. The summed E-state index contributed by atoms with van der Waals surface area (Å²) < 4.78 is 0. The van der Waals surface area contributed by atoms with Gasteiger partial charge in [-0.3, -0.25) is 4.99 Å². The summed E-state index contributed by atoms with van der Waals surface area (Å²) in [7, 11) is 2.17. The van der Waals surface area contributed by atoms with Crippen LogP contribution in [-0.4, -0.2) is 60.7 Å². The lowest BCUT2D eigenvalue weighted by molar-refractivity contribution is 0.121. The van der Waals surface area contributed by atoms with E-state index in [1.165, 1.54) is 11.1 Å². The summed E-state index contributed by atoms with van der Waals surface area (Å²) in [6.45, 7) is 21.2. The number of nitrogens with two attached hydrogens (primary N) is 1. The molecule has 0 amide bonds. The molecule has 1 aromatic carbocycles. The van der Waals surface area contributed by atoms with E-state index in [-0.39, 0.29) is 6.17 Å². The van der Waals surface area contributed by atoms with Crippen LogP contribution in [0.2, 0.25) is 0 Å². The molecule has 2 aliphatic heterocycles. The predicted molar refractivity (Wildman–Crippen MR) is 189 cm³/mol. The van der Waals surface area contributed by atoms with Crippen molar-refractivity contribution in [3.63, 3.8) is 0 Å². The van der Waals surface area contributed by atoms with Crippen LogP contribution in [0.4, 0.5) is 5.69 Å². The minimum Gasteiger partial charge on any atom is -0.382 e. The first-order chi connectivity index (χ1) is 20.9. The van der Waals surface area contributed by atoms with E-state index in [2.05, 4.69) is 95.3 Å². The topological polar surface area (TPSA) is 81.3 Å². The van der Waals surface area contributed by atoms with E-state index in [9.17, 15) is 0 Å². The first-order valence-corrected chi connectivity index (χ1v) is 16.1. The lowest BCUT2D eigenvalue weighted by Crippen LogP contribution is -2.53. The van der Waals surface area contributed by atoms with Crippen LogP contribution in [0.15, 0.2) is 82.7 Å². The van der Waals surface area contributed by atoms with Crippen LogP contribution >= 0.6 is 0 Å². The van der Waals surface area contributed by atoms with Gasteiger partial charge in [0.25, 0.3) is 0 Å². The molecule has 7 nitrogen and oxygen atoms in total. The largest absolute Gasteiger partial charge is 0.382 e. The molecule has 4 rings (SSSR count). The van der Waals surface area contributed by atoms with Crippen molar-refractivity contribution in [3.8, 4) is 0 Å². The van der Waals surface area contributed by atoms with Crippen LogP contribution in [0.5, 0.6) is 0 Å². The van der Waals surface area contributed by atoms with E-state index in [0.717, 1.165) is 68.0 Å². The maximum absolute atomic E-state index is 6.39. The third kappa shape index (κ3) is 10.1. The van der Waals surface area contributed by atoms with E-state index >= 15 is 0 Å². The van der Waals surface area contributed by atoms with E-state index in [1.54, 1.807) is 6.08 Å². The second-order valence-corrected chi connectivity index (χ2v) is 10.9. The highest BCUT2D eigenvalue weighted by atomic mass is 15.4. The molecule has 0 spiro atoms. The van der Waals surface area contributed by atoms with E-state index in [4.69, 9.17) is 5.73 Å². The number of likely N-dealkylation sites (N-methyl/N-ethyl adjacent to an activating group) is 1. The highest BCUT2D eigenvalue weighted by Crippen LogP contribution is 2.40. The fraction of sp³-hybridized carbons (Fsp3) is 0.500. The fourth-order valence-corrected chi connectivity index (χ4v) is 5.27. The minimum atomic E-state index is 0.199. The Hall–Kier alpha value is -3.42. The highest BCUT2D eigenvalue weighted by Gasteiger charge is 2.43. The normalized spacial score (nSPS) is 21.1. The molecule has 4 N–H and O–H groups in total. The van der Waals surface area contributed by atoms with Crippen LogP contribution in [0, 0.1) is 5.92 Å². The summed E-state index contributed by atoms with van der Waals surface area (Å²) in [6.07, 6.45) is 18.2. The molecular weight excluding hydrogens is 530 g/mol. The van der Waals surface area contributed by atoms with Crippen molar-refractivity contribution in [1.82, 2.24) is 20.4 Å². The summed E-state index contributed by atoms with van der Waals surface area (Å²) in [6, 6.07) is 7.17. The van der Waals surface area contributed by atoms with E-state index < -0.39 is 0 Å². The number of fused-ring (bicyclic) bond motifs is 1. The number of allylic oxidation sites excluding steroid dienone is 5. The third-order valence-electron chi connectivity index (χ3n) is 7.97. The van der Waals surface area contributed by atoms with Crippen LogP contribution in [0.3, 0.4) is 0 Å². The Labute approximate surface area is 262 Å². The SMILES string of the molecule is C=C/C=C\C(C)=C/C.CC.CC=Nc1cc(C2=C3C(N)=NC=CN3C(C3CC(NCCN(C)CC)C3)N2)ccc1CCC. The zero-order valence-corrected chi connectivity index (χ0v) is 28.0. The molecule has 1 saturated carbocycles. The molecule has 1 unspecified atom stereocenters. The van der Waals surface area contributed by atoms with Gasteiger partial charge < -0.3 is 26.2 Å². The summed E-state index contributed by atoms with van der Waals surface area (Å²) in [4.78, 5) is 13.7. The van der Waals surface area contributed by atoms with E-state index in [1.807, 2.05) is 52.3 Å². The van der Waals surface area contributed by atoms with Crippen molar-refractivity contribution < 1.29 is 0 Å². The molecule has 1 aromatic rings. The predicted octanol–water partition coefficient (Wildman–Crippen LogP) is 7.14. The number of aliphatic imine (C=N–C) groups is 2. The molecule has 1 aliphatic carbocycles. The Morgan fingerprint density at radius 3 is 2.63 bits per heavy atom. The van der Waals surface area contributed by atoms with Crippen LogP contribution < -0.4 is 16.4 Å². The van der Waals surface area contributed by atoms with Crippen molar-refractivity contribution in [2.24, 2.45) is 21.6 Å². The van der Waals surface area contributed by atoms with Gasteiger partial charge in [0.05, 0.1) is 11.4 Å². The summed E-state index contributed by atoms with van der Waals surface area (Å²) >= 11 is 0. The first kappa shape index (κ1) is 35.8. The quantitative estimate of drug-likeness (QED) is 0.179. The maximum Gasteiger partial charge on any atom is 0.149 e. The number of amidine groups is 1. The molecule has 43 heavy (non-hydrogen) atoms. The average Bonchev–Trinajstić information content (AvgIpc) is 3.39. The second kappa shape index (κ2) is 19.0. The van der Waals surface area contributed by atoms with Gasteiger partial charge in [0.2, 0.25) is 0 Å². The monoisotopic (exact) mass is 587 g/mol. The fourth-order valence-electron chi connectivity index (χ4n) is 5.27. The lowest BCUT2D eigenvalue weighted by atomic mass is 9.77. The molecule has 2 heterocycles. The van der Waals surface area contributed by atoms with Gasteiger partial charge in [0, 0.05) is 49.2 Å². The Morgan fingerprint density at radius 1 is 1.26 bits per heavy atom. The number of rotatable bonds is 12. The average molecular weight is 588 g/mol. The molecule has 236 valence electrons. The van der Waals surface area contributed by atoms with Gasteiger partial charge in [0.1, 0.15) is 17.7 Å². The van der Waals surface area contributed by atoms with Crippen LogP contribution in [-0.2, 0) is 6.42 Å². The van der Waals surface area contributed by atoms with Gasteiger partial charge >= 0.3 is 0 Å². The Morgan fingerprint density at radius 2 is 2.00 bits per heavy atom. The zero-order valence-electron chi connectivity index (χ0n) is 28.0. The van der Waals surface area contributed by atoms with Gasteiger partial charge in [-0.05, 0) is 65.3 Å². The van der Waals surface area contributed by atoms with Gasteiger partial charge in [0.15, 0.2) is 0 Å². The summed E-state index contributed by atoms with van der Waals surface area (Å²) in [5.41, 5.74) is 13.1. The van der Waals surface area contributed by atoms with Crippen molar-refractivity contribution in [3.05, 3.63) is 83.9 Å². The smallest absolute Gasteiger partial charge is 0.149 e. The number of aryl methyl sites for hydroxylation is 1.